The molecule has 0 saturated carbocycles. The summed E-state index contributed by atoms with van der Waals surface area (Å²) in [5.41, 5.74) is 5.96. The summed E-state index contributed by atoms with van der Waals surface area (Å²) in [6, 6.07) is 2.37. The third kappa shape index (κ3) is 1.81. The number of hydrogen-bond donors (Lipinski definition) is 1. The van der Waals surface area contributed by atoms with Gasteiger partial charge in [0.05, 0.1) is 12.1 Å². The Bertz CT molecular complexity index is 764. The molecule has 3 aromatic rings. The summed E-state index contributed by atoms with van der Waals surface area (Å²) in [5, 5.41) is 3.68. The van der Waals surface area contributed by atoms with Gasteiger partial charge >= 0.3 is 0 Å². The lowest BCUT2D eigenvalue weighted by atomic mass is 10.3. The fraction of sp³-hybridized carbons (Fsp3) is 0.182. The first-order valence-corrected chi connectivity index (χ1v) is 5.45. The molecule has 0 aliphatic carbocycles. The van der Waals surface area contributed by atoms with Gasteiger partial charge in [0.1, 0.15) is 5.52 Å². The summed E-state index contributed by atoms with van der Waals surface area (Å²) in [7, 11) is 0. The molecule has 0 amide bonds. The molecule has 0 fully saturated rings. The zero-order chi connectivity index (χ0) is 13.6. The van der Waals surface area contributed by atoms with Crippen molar-refractivity contribution in [2.75, 3.05) is 5.73 Å². The van der Waals surface area contributed by atoms with Crippen LogP contribution in [0.5, 0.6) is 0 Å². The summed E-state index contributed by atoms with van der Waals surface area (Å²) in [5.74, 6) is -1.21. The highest BCUT2D eigenvalue weighted by atomic mass is 19.2. The number of nitrogens with two attached hydrogens (primary N) is 1. The molecule has 0 aliphatic rings. The second kappa shape index (κ2) is 4.01. The van der Waals surface area contributed by atoms with Crippen LogP contribution in [-0.4, -0.2) is 19.7 Å². The number of nitrogen functional groups attached to an aromatic ring is 1. The van der Waals surface area contributed by atoms with E-state index in [0.717, 1.165) is 6.07 Å². The zero-order valence-corrected chi connectivity index (χ0v) is 9.89. The van der Waals surface area contributed by atoms with Crippen LogP contribution in [0.2, 0.25) is 0 Å². The van der Waals surface area contributed by atoms with Crippen LogP contribution in [0.1, 0.15) is 11.7 Å². The van der Waals surface area contributed by atoms with Crippen molar-refractivity contribution >= 4 is 17.0 Å². The number of aryl methyl sites for hydroxylation is 1. The maximum Gasteiger partial charge on any atom is 0.223 e. The molecule has 98 valence electrons. The number of rotatable bonds is 2. The highest BCUT2D eigenvalue weighted by molar-refractivity contribution is 5.79. The Morgan fingerprint density at radius 1 is 1.32 bits per heavy atom. The number of hydrogen-bond acceptors (Lipinski definition) is 5. The Morgan fingerprint density at radius 3 is 2.79 bits per heavy atom. The number of fused-ring (bicyclic) bond motifs is 1. The molecule has 0 saturated heterocycles. The molecule has 0 atom stereocenters. The van der Waals surface area contributed by atoms with E-state index in [4.69, 9.17) is 10.3 Å². The SMILES string of the molecule is Cc1nc(Cn2c(N)nc3ccc(F)c(F)c32)no1. The monoisotopic (exact) mass is 265 g/mol. The van der Waals surface area contributed by atoms with E-state index in [-0.39, 0.29) is 23.5 Å². The summed E-state index contributed by atoms with van der Waals surface area (Å²) < 4.78 is 33.2. The van der Waals surface area contributed by atoms with E-state index in [1.807, 2.05) is 0 Å². The van der Waals surface area contributed by atoms with Gasteiger partial charge in [0.15, 0.2) is 17.5 Å². The molecule has 0 unspecified atom stereocenters. The molecule has 0 aliphatic heterocycles. The lowest BCUT2D eigenvalue weighted by Gasteiger charge is -2.03. The van der Waals surface area contributed by atoms with E-state index in [0.29, 0.717) is 11.7 Å². The predicted octanol–water partition coefficient (Wildman–Crippen LogP) is 1.64. The average molecular weight is 265 g/mol. The fourth-order valence-corrected chi connectivity index (χ4v) is 1.88. The molecule has 0 radical (unpaired) electrons. The molecule has 2 N–H and O–H groups in total. The van der Waals surface area contributed by atoms with Crippen LogP contribution >= 0.6 is 0 Å². The number of aromatic nitrogens is 4. The second-order valence-electron chi connectivity index (χ2n) is 4.01. The maximum absolute atomic E-state index is 13.8. The lowest BCUT2D eigenvalue weighted by molar-refractivity contribution is 0.386. The van der Waals surface area contributed by atoms with Crippen LogP contribution < -0.4 is 5.73 Å². The van der Waals surface area contributed by atoms with Gasteiger partial charge in [-0.3, -0.25) is 0 Å². The third-order valence-corrected chi connectivity index (χ3v) is 2.70. The predicted molar refractivity (Wildman–Crippen MR) is 62.2 cm³/mol. The normalized spacial score (nSPS) is 11.3. The van der Waals surface area contributed by atoms with Crippen molar-refractivity contribution in [3.63, 3.8) is 0 Å². The summed E-state index contributed by atoms with van der Waals surface area (Å²) in [6.07, 6.45) is 0. The Kier molecular flexibility index (Phi) is 2.44. The van der Waals surface area contributed by atoms with Crippen LogP contribution in [-0.2, 0) is 6.54 Å². The standard InChI is InChI=1S/C11H9F2N5O/c1-5-15-8(17-19-5)4-18-10-7(16-11(18)14)3-2-6(12)9(10)13/h2-3H,4H2,1H3,(H2,14,16). The van der Waals surface area contributed by atoms with E-state index in [2.05, 4.69) is 15.1 Å². The quantitative estimate of drug-likeness (QED) is 0.761. The summed E-state index contributed by atoms with van der Waals surface area (Å²) >= 11 is 0. The smallest absolute Gasteiger partial charge is 0.223 e. The Labute approximate surface area is 105 Å². The average Bonchev–Trinajstić information content (AvgIpc) is 2.90. The molecule has 19 heavy (non-hydrogen) atoms. The molecule has 0 bridgehead atoms. The molecular formula is C11H9F2N5O. The minimum absolute atomic E-state index is 0.0139. The summed E-state index contributed by atoms with van der Waals surface area (Å²) in [4.78, 5) is 7.95. The number of nitrogens with zero attached hydrogens (tertiary/aromatic N) is 4. The molecule has 3 rings (SSSR count). The van der Waals surface area contributed by atoms with Gasteiger partial charge in [0, 0.05) is 6.92 Å². The van der Waals surface area contributed by atoms with Crippen molar-refractivity contribution in [1.29, 1.82) is 0 Å². The third-order valence-electron chi connectivity index (χ3n) is 2.70. The van der Waals surface area contributed by atoms with Crippen molar-refractivity contribution in [2.45, 2.75) is 13.5 Å². The van der Waals surface area contributed by atoms with E-state index in [9.17, 15) is 8.78 Å². The van der Waals surface area contributed by atoms with Crippen molar-refractivity contribution in [2.24, 2.45) is 0 Å². The molecule has 6 nitrogen and oxygen atoms in total. The van der Waals surface area contributed by atoms with E-state index in [1.54, 1.807) is 6.92 Å². The van der Waals surface area contributed by atoms with Gasteiger partial charge in [-0.25, -0.2) is 13.8 Å². The molecule has 2 heterocycles. The van der Waals surface area contributed by atoms with Gasteiger partial charge in [0.2, 0.25) is 11.8 Å². The Morgan fingerprint density at radius 2 is 2.11 bits per heavy atom. The van der Waals surface area contributed by atoms with E-state index >= 15 is 0 Å². The van der Waals surface area contributed by atoms with Crippen molar-refractivity contribution < 1.29 is 13.3 Å². The van der Waals surface area contributed by atoms with Crippen molar-refractivity contribution in [1.82, 2.24) is 19.7 Å². The zero-order valence-electron chi connectivity index (χ0n) is 9.89. The van der Waals surface area contributed by atoms with Crippen LogP contribution in [0, 0.1) is 18.6 Å². The van der Waals surface area contributed by atoms with Gasteiger partial charge in [-0.05, 0) is 12.1 Å². The molecule has 0 spiro atoms. The van der Waals surface area contributed by atoms with Crippen LogP contribution in [0.4, 0.5) is 14.7 Å². The second-order valence-corrected chi connectivity index (χ2v) is 4.01. The largest absolute Gasteiger partial charge is 0.369 e. The number of benzene rings is 1. The number of imidazole rings is 1. The van der Waals surface area contributed by atoms with E-state index in [1.165, 1.54) is 10.6 Å². The maximum atomic E-state index is 13.8. The van der Waals surface area contributed by atoms with Gasteiger partial charge in [-0.1, -0.05) is 5.16 Å². The van der Waals surface area contributed by atoms with Gasteiger partial charge < -0.3 is 14.8 Å². The van der Waals surface area contributed by atoms with Gasteiger partial charge in [0.25, 0.3) is 0 Å². The van der Waals surface area contributed by atoms with Crippen molar-refractivity contribution in [3.8, 4) is 0 Å². The summed E-state index contributed by atoms with van der Waals surface area (Å²) in [6.45, 7) is 1.69. The van der Waals surface area contributed by atoms with Crippen LogP contribution in [0.25, 0.3) is 11.0 Å². The minimum atomic E-state index is -0.998. The molecule has 8 heteroatoms. The molecule has 2 aromatic heterocycles. The number of anilines is 1. The van der Waals surface area contributed by atoms with Crippen LogP contribution in [0.15, 0.2) is 16.7 Å². The highest BCUT2D eigenvalue weighted by Gasteiger charge is 2.17. The van der Waals surface area contributed by atoms with E-state index < -0.39 is 11.6 Å². The lowest BCUT2D eigenvalue weighted by Crippen LogP contribution is -2.07. The molecule has 1 aromatic carbocycles. The highest BCUT2D eigenvalue weighted by Crippen LogP contribution is 2.23. The number of halogens is 2. The first kappa shape index (κ1) is 11.6. The van der Waals surface area contributed by atoms with Gasteiger partial charge in [-0.2, -0.15) is 4.98 Å². The molecular weight excluding hydrogens is 256 g/mol. The topological polar surface area (TPSA) is 82.8 Å². The minimum Gasteiger partial charge on any atom is -0.369 e. The van der Waals surface area contributed by atoms with Gasteiger partial charge in [-0.15, -0.1) is 0 Å². The Balaban J connectivity index is 2.17. The van der Waals surface area contributed by atoms with Crippen molar-refractivity contribution in [3.05, 3.63) is 35.5 Å². The Hall–Kier alpha value is -2.51. The fourth-order valence-electron chi connectivity index (χ4n) is 1.88. The first-order chi connectivity index (χ1) is 9.06. The van der Waals surface area contributed by atoms with Crippen LogP contribution in [0.3, 0.4) is 0 Å². The first-order valence-electron chi connectivity index (χ1n) is 5.45.